The van der Waals surface area contributed by atoms with Crippen molar-refractivity contribution in [1.82, 2.24) is 9.62 Å². The first-order valence-electron chi connectivity index (χ1n) is 10.6. The number of benzene rings is 2. The van der Waals surface area contributed by atoms with Crippen LogP contribution in [0.3, 0.4) is 0 Å². The zero-order valence-electron chi connectivity index (χ0n) is 18.1. The van der Waals surface area contributed by atoms with E-state index in [1.54, 1.807) is 13.0 Å². The predicted molar refractivity (Wildman–Crippen MR) is 119 cm³/mol. The lowest BCUT2D eigenvalue weighted by molar-refractivity contribution is -0.124. The van der Waals surface area contributed by atoms with Gasteiger partial charge < -0.3 is 14.8 Å². The highest BCUT2D eigenvalue weighted by molar-refractivity contribution is 7.89. The number of ether oxygens (including phenoxy) is 2. The summed E-state index contributed by atoms with van der Waals surface area (Å²) in [7, 11) is -3.69. The average molecular weight is 461 g/mol. The van der Waals surface area contributed by atoms with E-state index in [2.05, 4.69) is 5.32 Å². The zero-order chi connectivity index (χ0) is 23.0. The highest BCUT2D eigenvalue weighted by atomic mass is 32.2. The van der Waals surface area contributed by atoms with Gasteiger partial charge in [-0.05, 0) is 49.6 Å². The van der Waals surface area contributed by atoms with E-state index in [4.69, 9.17) is 9.47 Å². The van der Waals surface area contributed by atoms with Crippen LogP contribution in [0, 0.1) is 6.92 Å². The normalized spacial score (nSPS) is 14.5. The Kier molecular flexibility index (Phi) is 8.24. The van der Waals surface area contributed by atoms with Gasteiger partial charge in [-0.25, -0.2) is 13.2 Å². The van der Waals surface area contributed by atoms with Crippen molar-refractivity contribution in [2.45, 2.75) is 31.1 Å². The van der Waals surface area contributed by atoms with Crippen molar-refractivity contribution >= 4 is 21.9 Å². The number of esters is 1. The van der Waals surface area contributed by atoms with Gasteiger partial charge in [0.15, 0.2) is 6.61 Å². The summed E-state index contributed by atoms with van der Waals surface area (Å²) in [6.07, 6.45) is 2.66. The van der Waals surface area contributed by atoms with Gasteiger partial charge in [0.2, 0.25) is 10.0 Å². The molecule has 8 nitrogen and oxygen atoms in total. The van der Waals surface area contributed by atoms with Gasteiger partial charge in [0.05, 0.1) is 17.0 Å². The number of nitrogens with zero attached hydrogens (tertiary/aromatic N) is 1. The Morgan fingerprint density at radius 2 is 1.75 bits per heavy atom. The molecule has 0 saturated carbocycles. The first-order valence-corrected chi connectivity index (χ1v) is 12.0. The molecule has 0 bridgehead atoms. The van der Waals surface area contributed by atoms with Crippen LogP contribution in [-0.4, -0.2) is 57.4 Å². The van der Waals surface area contributed by atoms with Crippen LogP contribution < -0.4 is 10.1 Å². The van der Waals surface area contributed by atoms with Crippen LogP contribution in [0.5, 0.6) is 5.75 Å². The van der Waals surface area contributed by atoms with Gasteiger partial charge in [0.25, 0.3) is 5.91 Å². The van der Waals surface area contributed by atoms with Crippen LogP contribution in [0.15, 0.2) is 53.4 Å². The molecule has 1 heterocycles. The summed E-state index contributed by atoms with van der Waals surface area (Å²) in [5, 5.41) is 2.60. The first kappa shape index (κ1) is 23.7. The molecule has 1 aliphatic heterocycles. The number of carbonyl (C=O) groups excluding carboxylic acids is 2. The van der Waals surface area contributed by atoms with E-state index in [-0.39, 0.29) is 23.6 Å². The van der Waals surface area contributed by atoms with E-state index in [1.165, 1.54) is 16.4 Å². The van der Waals surface area contributed by atoms with Crippen LogP contribution in [-0.2, 0) is 19.6 Å². The summed E-state index contributed by atoms with van der Waals surface area (Å²) >= 11 is 0. The molecule has 1 aliphatic rings. The van der Waals surface area contributed by atoms with Gasteiger partial charge in [0.1, 0.15) is 12.4 Å². The first-order chi connectivity index (χ1) is 15.4. The Morgan fingerprint density at radius 1 is 1.03 bits per heavy atom. The van der Waals surface area contributed by atoms with Crippen molar-refractivity contribution < 1.29 is 27.5 Å². The number of piperidine rings is 1. The second-order valence-corrected chi connectivity index (χ2v) is 9.44. The largest absolute Gasteiger partial charge is 0.492 e. The molecule has 9 heteroatoms. The van der Waals surface area contributed by atoms with Crippen LogP contribution >= 0.6 is 0 Å². The Labute approximate surface area is 188 Å². The van der Waals surface area contributed by atoms with Crippen molar-refractivity contribution in [3.63, 3.8) is 0 Å². The SMILES string of the molecule is Cc1ccc(C(=O)OCC(=O)NCCOc2ccccc2)cc1S(=O)(=O)N1CCCCC1. The molecule has 0 aromatic heterocycles. The average Bonchev–Trinajstić information content (AvgIpc) is 2.81. The second-order valence-electron chi connectivity index (χ2n) is 7.53. The van der Waals surface area contributed by atoms with Crippen LogP contribution in [0.1, 0.15) is 35.2 Å². The number of amides is 1. The topological polar surface area (TPSA) is 102 Å². The van der Waals surface area contributed by atoms with Gasteiger partial charge >= 0.3 is 5.97 Å². The Balaban J connectivity index is 1.51. The summed E-state index contributed by atoms with van der Waals surface area (Å²) in [5.74, 6) is -0.526. The third-order valence-electron chi connectivity index (χ3n) is 5.13. The van der Waals surface area contributed by atoms with E-state index in [0.717, 1.165) is 19.3 Å². The summed E-state index contributed by atoms with van der Waals surface area (Å²) in [6.45, 7) is 2.71. The maximum atomic E-state index is 13.0. The molecule has 2 aromatic rings. The Hall–Kier alpha value is -2.91. The summed E-state index contributed by atoms with van der Waals surface area (Å²) in [4.78, 5) is 24.4. The minimum atomic E-state index is -3.69. The number of carbonyl (C=O) groups is 2. The molecule has 32 heavy (non-hydrogen) atoms. The number of hydrogen-bond donors (Lipinski definition) is 1. The molecule has 0 radical (unpaired) electrons. The van der Waals surface area contributed by atoms with Crippen LogP contribution in [0.2, 0.25) is 0 Å². The minimum Gasteiger partial charge on any atom is -0.492 e. The highest BCUT2D eigenvalue weighted by Gasteiger charge is 2.28. The van der Waals surface area contributed by atoms with E-state index < -0.39 is 28.5 Å². The molecule has 0 atom stereocenters. The molecule has 0 aliphatic carbocycles. The highest BCUT2D eigenvalue weighted by Crippen LogP contribution is 2.24. The van der Waals surface area contributed by atoms with E-state index in [9.17, 15) is 18.0 Å². The van der Waals surface area contributed by atoms with Gasteiger partial charge in [-0.3, -0.25) is 4.79 Å². The quantitative estimate of drug-likeness (QED) is 0.456. The summed E-state index contributed by atoms with van der Waals surface area (Å²) in [6, 6.07) is 13.6. The van der Waals surface area contributed by atoms with Crippen molar-refractivity contribution in [2.24, 2.45) is 0 Å². The third-order valence-corrected chi connectivity index (χ3v) is 7.17. The van der Waals surface area contributed by atoms with Crippen LogP contribution in [0.25, 0.3) is 0 Å². The smallest absolute Gasteiger partial charge is 0.338 e. The maximum Gasteiger partial charge on any atom is 0.338 e. The fraction of sp³-hybridized carbons (Fsp3) is 0.391. The predicted octanol–water partition coefficient (Wildman–Crippen LogP) is 2.52. The van der Waals surface area contributed by atoms with E-state index in [1.807, 2.05) is 30.3 Å². The fourth-order valence-corrected chi connectivity index (χ4v) is 5.16. The fourth-order valence-electron chi connectivity index (χ4n) is 3.39. The lowest BCUT2D eigenvalue weighted by Gasteiger charge is -2.26. The molecule has 2 aromatic carbocycles. The number of aryl methyl sites for hydroxylation is 1. The van der Waals surface area contributed by atoms with Gasteiger partial charge in [-0.15, -0.1) is 0 Å². The molecule has 0 unspecified atom stereocenters. The zero-order valence-corrected chi connectivity index (χ0v) is 18.9. The lowest BCUT2D eigenvalue weighted by Crippen LogP contribution is -2.36. The molecule has 3 rings (SSSR count). The van der Waals surface area contributed by atoms with E-state index in [0.29, 0.717) is 24.4 Å². The van der Waals surface area contributed by atoms with Crippen molar-refractivity contribution in [2.75, 3.05) is 32.8 Å². The van der Waals surface area contributed by atoms with Gasteiger partial charge in [-0.2, -0.15) is 4.31 Å². The number of para-hydroxylation sites is 1. The third kappa shape index (κ3) is 6.30. The van der Waals surface area contributed by atoms with Gasteiger partial charge in [0, 0.05) is 13.1 Å². The van der Waals surface area contributed by atoms with Crippen molar-refractivity contribution in [3.8, 4) is 5.75 Å². The second kappa shape index (κ2) is 11.1. The van der Waals surface area contributed by atoms with Crippen molar-refractivity contribution in [3.05, 3.63) is 59.7 Å². The standard InChI is InChI=1S/C23H28N2O6S/c1-18-10-11-19(16-21(18)32(28,29)25-13-6-3-7-14-25)23(27)31-17-22(26)24-12-15-30-20-8-4-2-5-9-20/h2,4-5,8-11,16H,3,6-7,12-15,17H2,1H3,(H,24,26). The van der Waals surface area contributed by atoms with Crippen molar-refractivity contribution in [1.29, 1.82) is 0 Å². The minimum absolute atomic E-state index is 0.0893. The molecule has 0 spiro atoms. The number of sulfonamides is 1. The summed E-state index contributed by atoms with van der Waals surface area (Å²) in [5.41, 5.74) is 0.648. The molecule has 1 saturated heterocycles. The molecular weight excluding hydrogens is 432 g/mol. The molecule has 1 amide bonds. The number of rotatable bonds is 9. The van der Waals surface area contributed by atoms with Gasteiger partial charge in [-0.1, -0.05) is 30.7 Å². The molecule has 1 N–H and O–H groups in total. The number of nitrogens with one attached hydrogen (secondary N) is 1. The molecule has 1 fully saturated rings. The summed E-state index contributed by atoms with van der Waals surface area (Å²) < 4.78 is 38.0. The Bertz CT molecular complexity index is 1030. The lowest BCUT2D eigenvalue weighted by atomic mass is 10.1. The maximum absolute atomic E-state index is 13.0. The molecule has 172 valence electrons. The monoisotopic (exact) mass is 460 g/mol. The van der Waals surface area contributed by atoms with E-state index >= 15 is 0 Å². The Morgan fingerprint density at radius 3 is 2.47 bits per heavy atom. The van der Waals surface area contributed by atoms with Crippen LogP contribution in [0.4, 0.5) is 0 Å². The number of hydrogen-bond acceptors (Lipinski definition) is 6. The molecular formula is C23H28N2O6S.